The molecular formula is C79H77BN4. The topological polar surface area (TPSA) is 14.7 Å². The van der Waals surface area contributed by atoms with Crippen LogP contribution in [0.3, 0.4) is 0 Å². The first kappa shape index (κ1) is 53.5. The van der Waals surface area contributed by atoms with Crippen LogP contribution in [0.4, 0.5) is 51.2 Å². The molecule has 3 heterocycles. The standard InChI is InChI=1S/C79H77BN4/c1-75(2,3)50-28-33-55(34-29-50)81(58-38-41-63-62-25-19-21-27-68(62)82(70(63)48-58)54-22-16-15-17-23-54)59-39-42-66-71(49-59)83(56-35-30-51(31-36-56)76(4,5)6)72-45-53(78(10,11)12)46-73-74(72)80(66)67-44-52(77(7,8)9)32-43-69(67)84(73)57-37-40-61-60-24-18-20-26-64(60)79(13,14)65(61)47-57/h15-49H,1-14H3. The van der Waals surface area contributed by atoms with Gasteiger partial charge in [0.2, 0.25) is 0 Å². The minimum atomic E-state index is -0.175. The molecule has 10 aromatic carbocycles. The minimum Gasteiger partial charge on any atom is -0.311 e. The molecule has 0 unspecified atom stereocenters. The highest BCUT2D eigenvalue weighted by molar-refractivity contribution is 7.00. The van der Waals surface area contributed by atoms with Gasteiger partial charge in [-0.25, -0.2) is 0 Å². The van der Waals surface area contributed by atoms with Gasteiger partial charge >= 0.3 is 0 Å². The summed E-state index contributed by atoms with van der Waals surface area (Å²) in [6.45, 7) is 32.8. The van der Waals surface area contributed by atoms with Crippen LogP contribution in [0, 0.1) is 0 Å². The Bertz CT molecular complexity index is 4440. The maximum atomic E-state index is 2.62. The summed E-state index contributed by atoms with van der Waals surface area (Å²) in [5.41, 5.74) is 28.1. The van der Waals surface area contributed by atoms with Gasteiger partial charge < -0.3 is 19.3 Å². The van der Waals surface area contributed by atoms with Crippen LogP contribution in [-0.4, -0.2) is 11.3 Å². The average molecular weight is 1090 g/mol. The van der Waals surface area contributed by atoms with Crippen molar-refractivity contribution in [3.63, 3.8) is 0 Å². The zero-order chi connectivity index (χ0) is 58.6. The molecule has 4 nitrogen and oxygen atoms in total. The Labute approximate surface area is 499 Å². The summed E-state index contributed by atoms with van der Waals surface area (Å²) in [7, 11) is 0. The van der Waals surface area contributed by atoms with Gasteiger partial charge in [0, 0.05) is 73.1 Å². The highest BCUT2D eigenvalue weighted by atomic mass is 15.2. The van der Waals surface area contributed by atoms with E-state index >= 15 is 0 Å². The molecule has 0 N–H and O–H groups in total. The predicted molar refractivity (Wildman–Crippen MR) is 362 cm³/mol. The molecule has 0 amide bonds. The highest BCUT2D eigenvalue weighted by Gasteiger charge is 2.46. The van der Waals surface area contributed by atoms with E-state index < -0.39 is 0 Å². The number of hydrogen-bond donors (Lipinski definition) is 0. The molecule has 0 fully saturated rings. The Balaban J connectivity index is 1.05. The minimum absolute atomic E-state index is 0.00634. The van der Waals surface area contributed by atoms with Crippen LogP contribution < -0.4 is 31.1 Å². The van der Waals surface area contributed by atoms with E-state index in [1.165, 1.54) is 111 Å². The highest BCUT2D eigenvalue weighted by Crippen LogP contribution is 2.53. The number of anilines is 9. The number of rotatable bonds is 6. The maximum absolute atomic E-state index is 2.62. The third-order valence-corrected chi connectivity index (χ3v) is 18.8. The summed E-state index contributed by atoms with van der Waals surface area (Å²) < 4.78 is 2.43. The molecule has 416 valence electrons. The lowest BCUT2D eigenvalue weighted by atomic mass is 9.33. The van der Waals surface area contributed by atoms with E-state index in [0.29, 0.717) is 0 Å². The van der Waals surface area contributed by atoms with Crippen LogP contribution in [0.2, 0.25) is 0 Å². The van der Waals surface area contributed by atoms with Crippen molar-refractivity contribution in [2.24, 2.45) is 0 Å². The van der Waals surface area contributed by atoms with Crippen molar-refractivity contribution in [1.82, 2.24) is 4.57 Å². The zero-order valence-corrected chi connectivity index (χ0v) is 51.6. The van der Waals surface area contributed by atoms with E-state index in [-0.39, 0.29) is 33.8 Å². The lowest BCUT2D eigenvalue weighted by Gasteiger charge is -2.46. The van der Waals surface area contributed by atoms with Crippen LogP contribution in [-0.2, 0) is 27.1 Å². The zero-order valence-electron chi connectivity index (χ0n) is 51.6. The van der Waals surface area contributed by atoms with Crippen LogP contribution >= 0.6 is 0 Å². The van der Waals surface area contributed by atoms with Gasteiger partial charge in [0.1, 0.15) is 0 Å². The van der Waals surface area contributed by atoms with Gasteiger partial charge in [-0.05, 0) is 180 Å². The second-order valence-corrected chi connectivity index (χ2v) is 28.8. The van der Waals surface area contributed by atoms with Gasteiger partial charge in [0.05, 0.1) is 11.0 Å². The molecule has 1 aromatic heterocycles. The first-order valence-electron chi connectivity index (χ1n) is 30.4. The maximum Gasteiger partial charge on any atom is 0.252 e. The fraction of sp³-hybridized carbons (Fsp3) is 0.241. The number of nitrogens with zero attached hydrogens (tertiary/aromatic N) is 4. The van der Waals surface area contributed by atoms with Crippen LogP contribution in [0.1, 0.15) is 130 Å². The van der Waals surface area contributed by atoms with Gasteiger partial charge in [-0.3, -0.25) is 0 Å². The fourth-order valence-electron chi connectivity index (χ4n) is 14.0. The molecular weight excluding hydrogens is 1020 g/mol. The molecule has 0 atom stereocenters. The summed E-state index contributed by atoms with van der Waals surface area (Å²) >= 11 is 0. The fourth-order valence-corrected chi connectivity index (χ4v) is 14.0. The SMILES string of the molecule is CC(C)(C)c1ccc(N(c2ccc3c(c2)N(c2ccc(C(C)(C)C)cc2)c2cc(C(C)(C)C)cc4c2B3c2cc(C(C)(C)C)ccc2N4c2ccc3c(c2)C(C)(C)c2ccccc2-3)c2ccc3c4ccccc4n(-c4ccccc4)c3c2)cc1. The second-order valence-electron chi connectivity index (χ2n) is 28.8. The molecule has 0 spiro atoms. The van der Waals surface area contributed by atoms with E-state index in [0.717, 1.165) is 28.4 Å². The first-order valence-corrected chi connectivity index (χ1v) is 30.4. The van der Waals surface area contributed by atoms with Crippen LogP contribution in [0.15, 0.2) is 212 Å². The van der Waals surface area contributed by atoms with Crippen molar-refractivity contribution in [3.8, 4) is 16.8 Å². The monoisotopic (exact) mass is 1090 g/mol. The summed E-state index contributed by atoms with van der Waals surface area (Å²) in [6.07, 6.45) is 0. The van der Waals surface area contributed by atoms with Crippen molar-refractivity contribution in [1.29, 1.82) is 0 Å². The number of fused-ring (bicyclic) bond motifs is 10. The molecule has 0 saturated heterocycles. The summed E-state index contributed by atoms with van der Waals surface area (Å²) in [6, 6.07) is 81.7. The van der Waals surface area contributed by atoms with Crippen molar-refractivity contribution in [2.75, 3.05) is 14.7 Å². The Hall–Kier alpha value is -8.54. The Morgan fingerprint density at radius 2 is 0.881 bits per heavy atom. The van der Waals surface area contributed by atoms with E-state index in [2.05, 4.69) is 329 Å². The molecule has 11 aromatic rings. The smallest absolute Gasteiger partial charge is 0.252 e. The van der Waals surface area contributed by atoms with E-state index in [1.807, 2.05) is 0 Å². The Morgan fingerprint density at radius 3 is 1.56 bits per heavy atom. The van der Waals surface area contributed by atoms with Crippen LogP contribution in [0.5, 0.6) is 0 Å². The molecule has 2 aliphatic heterocycles. The third kappa shape index (κ3) is 8.47. The van der Waals surface area contributed by atoms with Crippen molar-refractivity contribution in [3.05, 3.63) is 246 Å². The van der Waals surface area contributed by atoms with Crippen LogP contribution in [0.25, 0.3) is 38.6 Å². The number of benzene rings is 10. The molecule has 0 saturated carbocycles. The normalized spacial score (nSPS) is 14.3. The van der Waals surface area contributed by atoms with Gasteiger partial charge in [-0.15, -0.1) is 0 Å². The quantitative estimate of drug-likeness (QED) is 0.154. The second kappa shape index (κ2) is 18.7. The van der Waals surface area contributed by atoms with E-state index in [1.54, 1.807) is 0 Å². The van der Waals surface area contributed by atoms with Gasteiger partial charge in [-0.2, -0.15) is 0 Å². The molecule has 5 heteroatoms. The molecule has 84 heavy (non-hydrogen) atoms. The van der Waals surface area contributed by atoms with Gasteiger partial charge in [-0.1, -0.05) is 212 Å². The summed E-state index contributed by atoms with van der Waals surface area (Å²) in [4.78, 5) is 7.74. The van der Waals surface area contributed by atoms with Gasteiger partial charge in [0.15, 0.2) is 0 Å². The third-order valence-electron chi connectivity index (χ3n) is 18.8. The predicted octanol–water partition coefficient (Wildman–Crippen LogP) is 19.8. The summed E-state index contributed by atoms with van der Waals surface area (Å²) in [5, 5.41) is 2.47. The average Bonchev–Trinajstić information content (AvgIpc) is 0.914. The number of para-hydroxylation sites is 2. The molecule has 3 aliphatic rings. The Morgan fingerprint density at radius 1 is 0.345 bits per heavy atom. The molecule has 0 radical (unpaired) electrons. The number of hydrogen-bond acceptors (Lipinski definition) is 3. The largest absolute Gasteiger partial charge is 0.311 e. The number of aromatic nitrogens is 1. The molecule has 1 aliphatic carbocycles. The van der Waals surface area contributed by atoms with Gasteiger partial charge in [0.25, 0.3) is 6.71 Å². The van der Waals surface area contributed by atoms with Crippen molar-refractivity contribution < 1.29 is 0 Å². The van der Waals surface area contributed by atoms with E-state index in [9.17, 15) is 0 Å². The first-order chi connectivity index (χ1) is 39.9. The lowest BCUT2D eigenvalue weighted by molar-refractivity contribution is 0.590. The lowest BCUT2D eigenvalue weighted by Crippen LogP contribution is -2.61. The molecule has 14 rings (SSSR count). The van der Waals surface area contributed by atoms with Crippen molar-refractivity contribution >= 4 is 96.1 Å². The van der Waals surface area contributed by atoms with E-state index in [4.69, 9.17) is 0 Å². The molecule has 0 bridgehead atoms. The summed E-state index contributed by atoms with van der Waals surface area (Å²) in [5.74, 6) is 0. The van der Waals surface area contributed by atoms with Crippen molar-refractivity contribution in [2.45, 2.75) is 124 Å². The Kier molecular flexibility index (Phi) is 11.9.